The number of hydrogen-bond acceptors (Lipinski definition) is 2. The molecule has 1 aliphatic rings. The van der Waals surface area contributed by atoms with Crippen molar-refractivity contribution < 1.29 is 9.47 Å². The smallest absolute Gasteiger partial charge is 0.222 e. The molecule has 1 aliphatic heterocycles. The van der Waals surface area contributed by atoms with Gasteiger partial charge in [0.05, 0.1) is 12.7 Å². The van der Waals surface area contributed by atoms with Crippen molar-refractivity contribution in [1.29, 1.82) is 0 Å². The van der Waals surface area contributed by atoms with Crippen LogP contribution in [0.5, 0.6) is 0 Å². The van der Waals surface area contributed by atoms with Gasteiger partial charge in [-0.2, -0.15) is 0 Å². The Morgan fingerprint density at radius 3 is 1.74 bits per heavy atom. The highest BCUT2D eigenvalue weighted by molar-refractivity contribution is 14.1. The first-order chi connectivity index (χ1) is 11.1. The molecule has 124 valence electrons. The van der Waals surface area contributed by atoms with Crippen molar-refractivity contribution in [2.24, 2.45) is 0 Å². The summed E-state index contributed by atoms with van der Waals surface area (Å²) in [5, 5.41) is 0.770. The molecule has 1 saturated heterocycles. The third kappa shape index (κ3) is 4.16. The van der Waals surface area contributed by atoms with E-state index in [9.17, 15) is 0 Å². The minimum absolute atomic E-state index is 0.0626. The Bertz CT molecular complexity index is 565. The SMILES string of the molecule is CI.Cc1ccc(C2(c3ccc(C)cc3)OCC(CBr)O2)cc1. The lowest BCUT2D eigenvalue weighted by Gasteiger charge is -2.29. The van der Waals surface area contributed by atoms with E-state index >= 15 is 0 Å². The monoisotopic (exact) mass is 488 g/mol. The quantitative estimate of drug-likeness (QED) is 0.427. The van der Waals surface area contributed by atoms with Crippen LogP contribution in [0.25, 0.3) is 0 Å². The molecular weight excluding hydrogens is 467 g/mol. The number of rotatable bonds is 3. The van der Waals surface area contributed by atoms with Crippen LogP contribution in [-0.4, -0.2) is 23.0 Å². The van der Waals surface area contributed by atoms with E-state index in [1.807, 2.05) is 4.93 Å². The third-order valence-electron chi connectivity index (χ3n) is 3.84. The molecule has 2 aromatic carbocycles. The summed E-state index contributed by atoms with van der Waals surface area (Å²) in [7, 11) is 0. The summed E-state index contributed by atoms with van der Waals surface area (Å²) in [6.07, 6.45) is 0.0626. The molecule has 1 atom stereocenters. The maximum Gasteiger partial charge on any atom is 0.222 e. The van der Waals surface area contributed by atoms with Crippen LogP contribution in [0, 0.1) is 13.8 Å². The lowest BCUT2D eigenvalue weighted by molar-refractivity contribution is -0.139. The highest BCUT2D eigenvalue weighted by atomic mass is 127. The van der Waals surface area contributed by atoms with Crippen LogP contribution >= 0.6 is 38.5 Å². The van der Waals surface area contributed by atoms with E-state index in [4.69, 9.17) is 9.47 Å². The van der Waals surface area contributed by atoms with Crippen LogP contribution in [0.1, 0.15) is 22.3 Å². The van der Waals surface area contributed by atoms with E-state index < -0.39 is 5.79 Å². The van der Waals surface area contributed by atoms with Crippen LogP contribution < -0.4 is 0 Å². The molecule has 0 aliphatic carbocycles. The number of alkyl halides is 2. The molecule has 2 nitrogen and oxygen atoms in total. The Hall–Kier alpha value is -0.430. The van der Waals surface area contributed by atoms with Gasteiger partial charge in [-0.25, -0.2) is 0 Å². The molecule has 0 amide bonds. The van der Waals surface area contributed by atoms with Gasteiger partial charge in [0.1, 0.15) is 0 Å². The van der Waals surface area contributed by atoms with E-state index in [0.717, 1.165) is 16.5 Å². The summed E-state index contributed by atoms with van der Waals surface area (Å²) in [6, 6.07) is 16.7. The zero-order valence-corrected chi connectivity index (χ0v) is 17.4. The summed E-state index contributed by atoms with van der Waals surface area (Å²) >= 11 is 5.64. The molecule has 1 fully saturated rings. The number of benzene rings is 2. The number of hydrogen-bond donors (Lipinski definition) is 0. The van der Waals surface area contributed by atoms with Gasteiger partial charge < -0.3 is 9.47 Å². The zero-order valence-electron chi connectivity index (χ0n) is 13.7. The van der Waals surface area contributed by atoms with E-state index in [2.05, 4.69) is 101 Å². The van der Waals surface area contributed by atoms with Crippen LogP contribution in [-0.2, 0) is 15.3 Å². The lowest BCUT2D eigenvalue weighted by Crippen LogP contribution is -2.30. The number of ether oxygens (including phenoxy) is 2. The zero-order chi connectivity index (χ0) is 16.9. The highest BCUT2D eigenvalue weighted by Gasteiger charge is 2.44. The van der Waals surface area contributed by atoms with Gasteiger partial charge in [0.2, 0.25) is 5.79 Å². The number of halogens is 2. The first-order valence-electron chi connectivity index (χ1n) is 7.54. The standard InChI is InChI=1S/C18H19BrO2.CH3I/c1-13-3-7-15(8-4-13)18(20-12-17(11-19)21-18)16-9-5-14(2)6-10-16;1-2/h3-10,17H,11-12H2,1-2H3;1H3. The fourth-order valence-corrected chi connectivity index (χ4v) is 2.92. The largest absolute Gasteiger partial charge is 0.339 e. The van der Waals surface area contributed by atoms with Crippen LogP contribution in [0.2, 0.25) is 0 Å². The molecule has 0 saturated carbocycles. The molecule has 23 heavy (non-hydrogen) atoms. The van der Waals surface area contributed by atoms with Gasteiger partial charge in [-0.1, -0.05) is 98.2 Å². The van der Waals surface area contributed by atoms with E-state index in [0.29, 0.717) is 6.61 Å². The summed E-state index contributed by atoms with van der Waals surface area (Å²) < 4.78 is 12.4. The Morgan fingerprint density at radius 2 is 1.39 bits per heavy atom. The van der Waals surface area contributed by atoms with Crippen molar-refractivity contribution in [2.45, 2.75) is 25.7 Å². The second-order valence-corrected chi connectivity index (χ2v) is 6.20. The molecule has 1 unspecified atom stereocenters. The average molecular weight is 489 g/mol. The first kappa shape index (κ1) is 18.9. The van der Waals surface area contributed by atoms with Crippen molar-refractivity contribution >= 4 is 38.5 Å². The van der Waals surface area contributed by atoms with Gasteiger partial charge in [0.15, 0.2) is 0 Å². The van der Waals surface area contributed by atoms with Crippen LogP contribution in [0.4, 0.5) is 0 Å². The Balaban J connectivity index is 0.000000924. The summed E-state index contributed by atoms with van der Waals surface area (Å²) in [5.41, 5.74) is 4.54. The fourth-order valence-electron chi connectivity index (χ4n) is 2.60. The normalized spacial score (nSPS) is 19.1. The molecule has 4 heteroatoms. The van der Waals surface area contributed by atoms with Crippen molar-refractivity contribution in [2.75, 3.05) is 16.9 Å². The Labute approximate surface area is 160 Å². The Morgan fingerprint density at radius 1 is 0.957 bits per heavy atom. The van der Waals surface area contributed by atoms with Crippen LogP contribution in [0.15, 0.2) is 48.5 Å². The minimum Gasteiger partial charge on any atom is -0.339 e. The molecular formula is C19H22BrIO2. The van der Waals surface area contributed by atoms with Gasteiger partial charge in [-0.15, -0.1) is 0 Å². The maximum atomic E-state index is 6.28. The minimum atomic E-state index is -0.792. The topological polar surface area (TPSA) is 18.5 Å². The molecule has 0 radical (unpaired) electrons. The van der Waals surface area contributed by atoms with Gasteiger partial charge in [-0.05, 0) is 18.8 Å². The third-order valence-corrected chi connectivity index (χ3v) is 4.56. The van der Waals surface area contributed by atoms with Gasteiger partial charge in [-0.3, -0.25) is 0 Å². The van der Waals surface area contributed by atoms with Crippen LogP contribution in [0.3, 0.4) is 0 Å². The number of aryl methyl sites for hydroxylation is 2. The summed E-state index contributed by atoms with van der Waals surface area (Å²) in [4.78, 5) is 1.97. The van der Waals surface area contributed by atoms with Crippen molar-refractivity contribution in [1.82, 2.24) is 0 Å². The molecule has 1 heterocycles. The maximum absolute atomic E-state index is 6.28. The van der Waals surface area contributed by atoms with Gasteiger partial charge >= 0.3 is 0 Å². The first-order valence-corrected chi connectivity index (χ1v) is 10.8. The average Bonchev–Trinajstić information content (AvgIpc) is 3.03. The molecule has 0 bridgehead atoms. The predicted molar refractivity (Wildman–Crippen MR) is 108 cm³/mol. The molecule has 0 spiro atoms. The molecule has 0 N–H and O–H groups in total. The van der Waals surface area contributed by atoms with Crippen molar-refractivity contribution in [3.8, 4) is 0 Å². The molecule has 3 rings (SSSR count). The second-order valence-electron chi connectivity index (χ2n) is 5.55. The van der Waals surface area contributed by atoms with Crippen molar-refractivity contribution in [3.05, 3.63) is 70.8 Å². The highest BCUT2D eigenvalue weighted by Crippen LogP contribution is 2.41. The van der Waals surface area contributed by atoms with E-state index in [-0.39, 0.29) is 6.10 Å². The van der Waals surface area contributed by atoms with E-state index in [1.54, 1.807) is 0 Å². The fraction of sp³-hybridized carbons (Fsp3) is 0.368. The van der Waals surface area contributed by atoms with Crippen molar-refractivity contribution in [3.63, 3.8) is 0 Å². The Kier molecular flexibility index (Phi) is 7.07. The molecule has 2 aromatic rings. The van der Waals surface area contributed by atoms with Gasteiger partial charge in [0.25, 0.3) is 0 Å². The summed E-state index contributed by atoms with van der Waals surface area (Å²) in [6.45, 7) is 4.76. The predicted octanol–water partition coefficient (Wildman–Crippen LogP) is 5.37. The summed E-state index contributed by atoms with van der Waals surface area (Å²) in [5.74, 6) is -0.792. The van der Waals surface area contributed by atoms with Gasteiger partial charge in [0, 0.05) is 16.5 Å². The van der Waals surface area contributed by atoms with E-state index in [1.165, 1.54) is 11.1 Å². The lowest BCUT2D eigenvalue weighted by atomic mass is 9.95. The second kappa shape index (κ2) is 8.60. The molecule has 0 aromatic heterocycles.